The fraction of sp³-hybridized carbons (Fsp3) is 0.429. The first-order chi connectivity index (χ1) is 10.7. The molecule has 0 aliphatic heterocycles. The molecule has 2 N–H and O–H groups in total. The Morgan fingerprint density at radius 3 is 1.92 bits per heavy atom. The summed E-state index contributed by atoms with van der Waals surface area (Å²) in [5, 5.41) is 2.89. The number of nitrogens with one attached hydrogen (secondary N) is 2. The zero-order chi connectivity index (χ0) is 17.6. The zero-order valence-electron chi connectivity index (χ0n) is 13.8. The van der Waals surface area contributed by atoms with Crippen molar-refractivity contribution in [3.05, 3.63) is 29.3 Å². The van der Waals surface area contributed by atoms with Crippen LogP contribution in [0.5, 0.6) is 0 Å². The van der Waals surface area contributed by atoms with E-state index >= 15 is 0 Å². The first-order valence-corrected chi connectivity index (χ1v) is 8.22. The maximum absolute atomic E-state index is 12.3. The summed E-state index contributed by atoms with van der Waals surface area (Å²) < 4.78 is 36.2. The number of hydrogen-bond acceptors (Lipinski definition) is 7. The number of rotatable bonds is 7. The molecule has 0 spiro atoms. The van der Waals surface area contributed by atoms with Gasteiger partial charge in [-0.05, 0) is 32.2 Å². The predicted molar refractivity (Wildman–Crippen MR) is 90.1 cm³/mol. The molecule has 8 nitrogen and oxygen atoms in total. The molecular weight excluding hydrogens is 360 g/mol. The van der Waals surface area contributed by atoms with Crippen molar-refractivity contribution in [2.75, 3.05) is 27.8 Å². The van der Waals surface area contributed by atoms with Crippen LogP contribution in [0.15, 0.2) is 23.1 Å². The fourth-order valence-corrected chi connectivity index (χ4v) is 2.85. The summed E-state index contributed by atoms with van der Waals surface area (Å²) in [5.74, 6) is -1.51. The van der Waals surface area contributed by atoms with E-state index in [0.717, 1.165) is 26.4 Å². The van der Waals surface area contributed by atoms with Gasteiger partial charge in [0.05, 0.1) is 30.2 Å². The summed E-state index contributed by atoms with van der Waals surface area (Å²) in [4.78, 5) is 23.1. The fourth-order valence-electron chi connectivity index (χ4n) is 1.65. The van der Waals surface area contributed by atoms with E-state index in [2.05, 4.69) is 19.5 Å². The van der Waals surface area contributed by atoms with Gasteiger partial charge in [-0.15, -0.1) is 12.4 Å². The molecule has 1 aromatic carbocycles. The molecule has 0 bridgehead atoms. The lowest BCUT2D eigenvalue weighted by atomic mass is 10.1. The molecule has 0 aliphatic rings. The van der Waals surface area contributed by atoms with Gasteiger partial charge in [0.15, 0.2) is 0 Å². The molecule has 1 rings (SSSR count). The number of hydrogen-bond donors (Lipinski definition) is 2. The summed E-state index contributed by atoms with van der Waals surface area (Å²) in [5.41, 5.74) is -0.116. The minimum Gasteiger partial charge on any atom is -0.465 e. The van der Waals surface area contributed by atoms with E-state index in [0.29, 0.717) is 0 Å². The molecule has 0 aliphatic carbocycles. The molecule has 1 atom stereocenters. The van der Waals surface area contributed by atoms with Crippen LogP contribution in [-0.4, -0.2) is 54.2 Å². The van der Waals surface area contributed by atoms with Gasteiger partial charge in [0.1, 0.15) is 0 Å². The maximum Gasteiger partial charge on any atom is 0.337 e. The van der Waals surface area contributed by atoms with Gasteiger partial charge in [-0.3, -0.25) is 0 Å². The Morgan fingerprint density at radius 1 is 1.08 bits per heavy atom. The summed E-state index contributed by atoms with van der Waals surface area (Å²) in [6.07, 6.45) is 0. The van der Waals surface area contributed by atoms with Crippen molar-refractivity contribution in [1.29, 1.82) is 0 Å². The molecule has 0 saturated heterocycles. The van der Waals surface area contributed by atoms with Gasteiger partial charge < -0.3 is 14.8 Å². The van der Waals surface area contributed by atoms with Crippen LogP contribution in [0, 0.1) is 0 Å². The Labute approximate surface area is 147 Å². The van der Waals surface area contributed by atoms with Crippen LogP contribution in [0.4, 0.5) is 0 Å². The molecule has 1 aromatic rings. The van der Waals surface area contributed by atoms with E-state index in [1.165, 1.54) is 6.07 Å². The molecule has 10 heteroatoms. The number of sulfonamides is 1. The summed E-state index contributed by atoms with van der Waals surface area (Å²) in [7, 11) is 0.123. The van der Waals surface area contributed by atoms with E-state index < -0.39 is 22.0 Å². The van der Waals surface area contributed by atoms with Crippen molar-refractivity contribution >= 4 is 34.4 Å². The van der Waals surface area contributed by atoms with Crippen molar-refractivity contribution in [3.63, 3.8) is 0 Å². The van der Waals surface area contributed by atoms with Crippen molar-refractivity contribution in [2.24, 2.45) is 0 Å². The summed E-state index contributed by atoms with van der Waals surface area (Å²) >= 11 is 0. The highest BCUT2D eigenvalue weighted by molar-refractivity contribution is 7.89. The highest BCUT2D eigenvalue weighted by Crippen LogP contribution is 2.17. The minimum absolute atomic E-state index is 0. The van der Waals surface area contributed by atoms with E-state index in [4.69, 9.17) is 0 Å². The Hall–Kier alpha value is -1.68. The molecule has 0 aromatic heterocycles. The Kier molecular flexibility index (Phi) is 8.91. The van der Waals surface area contributed by atoms with Crippen LogP contribution in [-0.2, 0) is 19.5 Å². The lowest BCUT2D eigenvalue weighted by molar-refractivity contribution is 0.0598. The molecule has 0 amide bonds. The number of ether oxygens (including phenoxy) is 2. The molecule has 0 heterocycles. The average Bonchev–Trinajstić information content (AvgIpc) is 2.57. The second kappa shape index (κ2) is 9.58. The van der Waals surface area contributed by atoms with Crippen molar-refractivity contribution in [3.8, 4) is 0 Å². The second-order valence-corrected chi connectivity index (χ2v) is 6.54. The van der Waals surface area contributed by atoms with Crippen molar-refractivity contribution in [1.82, 2.24) is 10.0 Å². The third kappa shape index (κ3) is 5.75. The van der Waals surface area contributed by atoms with Gasteiger partial charge in [0.25, 0.3) is 0 Å². The zero-order valence-corrected chi connectivity index (χ0v) is 15.4. The van der Waals surface area contributed by atoms with Gasteiger partial charge in [-0.2, -0.15) is 0 Å². The van der Waals surface area contributed by atoms with E-state index in [-0.39, 0.29) is 41.0 Å². The number of likely N-dealkylation sites (N-methyl/N-ethyl adjacent to an activating group) is 1. The van der Waals surface area contributed by atoms with Crippen LogP contribution in [0.1, 0.15) is 27.6 Å². The minimum atomic E-state index is -3.90. The second-order valence-electron chi connectivity index (χ2n) is 4.77. The van der Waals surface area contributed by atoms with E-state index in [1.807, 2.05) is 0 Å². The number of methoxy groups -OCH3 is 2. The van der Waals surface area contributed by atoms with Crippen LogP contribution in [0.2, 0.25) is 0 Å². The lowest BCUT2D eigenvalue weighted by Crippen LogP contribution is -2.37. The maximum atomic E-state index is 12.3. The van der Waals surface area contributed by atoms with Crippen molar-refractivity contribution in [2.45, 2.75) is 17.9 Å². The van der Waals surface area contributed by atoms with E-state index in [1.54, 1.807) is 14.0 Å². The van der Waals surface area contributed by atoms with Gasteiger partial charge in [-0.1, -0.05) is 0 Å². The highest BCUT2D eigenvalue weighted by Gasteiger charge is 2.21. The smallest absolute Gasteiger partial charge is 0.337 e. The Morgan fingerprint density at radius 2 is 1.54 bits per heavy atom. The van der Waals surface area contributed by atoms with Gasteiger partial charge in [0, 0.05) is 12.6 Å². The standard InChI is InChI=1S/C14H20N2O6S.ClH/c1-9(15-2)8-16-23(19,20)12-6-10(13(17)21-3)5-11(7-12)14(18)22-4;/h5-7,9,15-16H,8H2,1-4H3;1H. The van der Waals surface area contributed by atoms with Crippen molar-refractivity contribution < 1.29 is 27.5 Å². The highest BCUT2D eigenvalue weighted by atomic mass is 35.5. The Balaban J connectivity index is 0.00000529. The molecule has 0 saturated carbocycles. The summed E-state index contributed by atoms with van der Waals surface area (Å²) in [6.45, 7) is 1.95. The molecule has 0 fully saturated rings. The number of esters is 2. The SMILES string of the molecule is CNC(C)CNS(=O)(=O)c1cc(C(=O)OC)cc(C(=O)OC)c1.Cl. The quantitative estimate of drug-likeness (QED) is 0.665. The third-order valence-electron chi connectivity index (χ3n) is 3.13. The van der Waals surface area contributed by atoms with Gasteiger partial charge in [0.2, 0.25) is 10.0 Å². The number of benzene rings is 1. The molecule has 1 unspecified atom stereocenters. The largest absolute Gasteiger partial charge is 0.465 e. The Bertz CT molecular complexity index is 658. The molecule has 24 heavy (non-hydrogen) atoms. The molecule has 136 valence electrons. The average molecular weight is 381 g/mol. The molecule has 0 radical (unpaired) electrons. The van der Waals surface area contributed by atoms with Gasteiger partial charge >= 0.3 is 11.9 Å². The number of halogens is 1. The predicted octanol–water partition coefficient (Wildman–Crippen LogP) is 0.568. The number of carbonyl (C=O) groups is 2. The third-order valence-corrected chi connectivity index (χ3v) is 4.53. The van der Waals surface area contributed by atoms with Gasteiger partial charge in [-0.25, -0.2) is 22.7 Å². The van der Waals surface area contributed by atoms with Crippen LogP contribution in [0.3, 0.4) is 0 Å². The van der Waals surface area contributed by atoms with E-state index in [9.17, 15) is 18.0 Å². The number of carbonyl (C=O) groups excluding carboxylic acids is 2. The van der Waals surface area contributed by atoms with Crippen LogP contribution < -0.4 is 10.0 Å². The normalized spacial score (nSPS) is 12.0. The topological polar surface area (TPSA) is 111 Å². The first kappa shape index (κ1) is 22.3. The molecular formula is C14H21ClN2O6S. The first-order valence-electron chi connectivity index (χ1n) is 6.73. The summed E-state index contributed by atoms with van der Waals surface area (Å²) in [6, 6.07) is 3.41. The van der Waals surface area contributed by atoms with Crippen LogP contribution >= 0.6 is 12.4 Å². The van der Waals surface area contributed by atoms with Crippen LogP contribution in [0.25, 0.3) is 0 Å². The monoisotopic (exact) mass is 380 g/mol. The lowest BCUT2D eigenvalue weighted by Gasteiger charge is -2.13.